The second-order valence-corrected chi connectivity index (χ2v) is 5.54. The van der Waals surface area contributed by atoms with Crippen molar-refractivity contribution < 1.29 is 9.53 Å². The van der Waals surface area contributed by atoms with Crippen LogP contribution in [0.4, 0.5) is 5.69 Å². The molecule has 1 aliphatic carbocycles. The molecule has 2 rings (SSSR count). The number of likely N-dealkylation sites (N-methyl/N-ethyl adjacent to an activating group) is 1. The van der Waals surface area contributed by atoms with Crippen molar-refractivity contribution in [1.29, 1.82) is 0 Å². The van der Waals surface area contributed by atoms with E-state index in [0.717, 1.165) is 19.4 Å². The number of nitrogens with zero attached hydrogens (tertiary/aromatic N) is 1. The summed E-state index contributed by atoms with van der Waals surface area (Å²) in [6.45, 7) is 1.30. The normalized spacial score (nSPS) is 21.4. The summed E-state index contributed by atoms with van der Waals surface area (Å²) in [5, 5.41) is 2.88. The highest BCUT2D eigenvalue weighted by molar-refractivity contribution is 5.93. The third kappa shape index (κ3) is 3.95. The lowest BCUT2D eigenvalue weighted by atomic mass is 9.81. The van der Waals surface area contributed by atoms with E-state index in [9.17, 15) is 4.79 Å². The Morgan fingerprint density at radius 1 is 1.45 bits per heavy atom. The number of methoxy groups -OCH3 is 1. The molecule has 5 nitrogen and oxygen atoms in total. The van der Waals surface area contributed by atoms with E-state index in [1.165, 1.54) is 0 Å². The van der Waals surface area contributed by atoms with Crippen molar-refractivity contribution in [3.8, 4) is 5.75 Å². The molecule has 0 radical (unpaired) electrons. The lowest BCUT2D eigenvalue weighted by molar-refractivity contribution is -0.117. The number of nitrogens with two attached hydrogens (primary N) is 1. The molecule has 0 heterocycles. The van der Waals surface area contributed by atoms with Gasteiger partial charge in [0.2, 0.25) is 5.91 Å². The van der Waals surface area contributed by atoms with Gasteiger partial charge in [0, 0.05) is 12.6 Å². The van der Waals surface area contributed by atoms with Crippen LogP contribution in [0.1, 0.15) is 12.8 Å². The minimum absolute atomic E-state index is 0.0272. The Morgan fingerprint density at radius 3 is 2.80 bits per heavy atom. The molecule has 20 heavy (non-hydrogen) atoms. The largest absolute Gasteiger partial charge is 0.495 e. The molecular weight excluding hydrogens is 254 g/mol. The van der Waals surface area contributed by atoms with E-state index in [2.05, 4.69) is 5.32 Å². The Balaban J connectivity index is 1.79. The summed E-state index contributed by atoms with van der Waals surface area (Å²) in [7, 11) is 3.56. The van der Waals surface area contributed by atoms with Crippen molar-refractivity contribution in [2.75, 3.05) is 32.6 Å². The fourth-order valence-electron chi connectivity index (χ4n) is 2.62. The Morgan fingerprint density at radius 2 is 2.15 bits per heavy atom. The van der Waals surface area contributed by atoms with Crippen molar-refractivity contribution in [3.05, 3.63) is 24.3 Å². The zero-order valence-electron chi connectivity index (χ0n) is 12.1. The van der Waals surface area contributed by atoms with Gasteiger partial charge in [0.15, 0.2) is 0 Å². The highest BCUT2D eigenvalue weighted by Gasteiger charge is 2.27. The molecule has 0 aliphatic heterocycles. The zero-order valence-corrected chi connectivity index (χ0v) is 12.1. The molecule has 1 fully saturated rings. The van der Waals surface area contributed by atoms with Gasteiger partial charge in [-0.2, -0.15) is 0 Å². The number of amides is 1. The first kappa shape index (κ1) is 14.8. The molecule has 1 aliphatic rings. The SMILES string of the molecule is COc1ccccc1NC(=O)CN(C)CC1CC(N)C1. The molecule has 110 valence electrons. The molecular formula is C15H23N3O2. The maximum Gasteiger partial charge on any atom is 0.238 e. The number of para-hydroxylation sites is 2. The number of ether oxygens (including phenoxy) is 1. The highest BCUT2D eigenvalue weighted by Crippen LogP contribution is 2.26. The van der Waals surface area contributed by atoms with E-state index in [0.29, 0.717) is 29.9 Å². The van der Waals surface area contributed by atoms with Crippen molar-refractivity contribution in [1.82, 2.24) is 4.90 Å². The van der Waals surface area contributed by atoms with Crippen molar-refractivity contribution in [2.24, 2.45) is 11.7 Å². The zero-order chi connectivity index (χ0) is 14.5. The summed E-state index contributed by atoms with van der Waals surface area (Å²) >= 11 is 0. The minimum Gasteiger partial charge on any atom is -0.495 e. The standard InChI is InChI=1S/C15H23N3O2/c1-18(9-11-7-12(16)8-11)10-15(19)17-13-5-3-4-6-14(13)20-2/h3-6,11-12H,7-10,16H2,1-2H3,(H,17,19). The first-order chi connectivity index (χ1) is 9.58. The number of carbonyl (C=O) groups excluding carboxylic acids is 1. The van der Waals surface area contributed by atoms with Crippen LogP contribution in [0.15, 0.2) is 24.3 Å². The molecule has 0 bridgehead atoms. The van der Waals surface area contributed by atoms with Crippen LogP contribution in [0.5, 0.6) is 5.75 Å². The van der Waals surface area contributed by atoms with Gasteiger partial charge in [0.05, 0.1) is 19.3 Å². The van der Waals surface area contributed by atoms with E-state index in [1.54, 1.807) is 7.11 Å². The van der Waals surface area contributed by atoms with Gasteiger partial charge in [-0.1, -0.05) is 12.1 Å². The van der Waals surface area contributed by atoms with Gasteiger partial charge >= 0.3 is 0 Å². The van der Waals surface area contributed by atoms with E-state index in [4.69, 9.17) is 10.5 Å². The van der Waals surface area contributed by atoms with Crippen LogP contribution in [0.25, 0.3) is 0 Å². The summed E-state index contributed by atoms with van der Waals surface area (Å²) in [5.74, 6) is 1.28. The first-order valence-corrected chi connectivity index (χ1v) is 6.95. The van der Waals surface area contributed by atoms with Crippen LogP contribution >= 0.6 is 0 Å². The molecule has 1 aromatic carbocycles. The van der Waals surface area contributed by atoms with E-state index in [-0.39, 0.29) is 5.91 Å². The predicted octanol–water partition coefficient (Wildman–Crippen LogP) is 1.30. The fourth-order valence-corrected chi connectivity index (χ4v) is 2.62. The highest BCUT2D eigenvalue weighted by atomic mass is 16.5. The number of anilines is 1. The quantitative estimate of drug-likeness (QED) is 0.822. The van der Waals surface area contributed by atoms with Gasteiger partial charge in [-0.05, 0) is 37.9 Å². The Bertz CT molecular complexity index is 458. The Hall–Kier alpha value is -1.59. The van der Waals surface area contributed by atoms with Crippen LogP contribution < -0.4 is 15.8 Å². The van der Waals surface area contributed by atoms with E-state index in [1.807, 2.05) is 36.2 Å². The van der Waals surface area contributed by atoms with Gasteiger partial charge < -0.3 is 15.8 Å². The predicted molar refractivity (Wildman–Crippen MR) is 79.8 cm³/mol. The molecule has 0 unspecified atom stereocenters. The Kier molecular flexibility index (Phi) is 4.98. The molecule has 1 aromatic rings. The lowest BCUT2D eigenvalue weighted by Gasteiger charge is -2.35. The minimum atomic E-state index is -0.0272. The van der Waals surface area contributed by atoms with E-state index >= 15 is 0 Å². The number of benzene rings is 1. The molecule has 1 saturated carbocycles. The Labute approximate surface area is 120 Å². The number of hydrogen-bond donors (Lipinski definition) is 2. The van der Waals surface area contributed by atoms with Gasteiger partial charge in [-0.15, -0.1) is 0 Å². The number of carbonyl (C=O) groups is 1. The summed E-state index contributed by atoms with van der Waals surface area (Å²) in [5.41, 5.74) is 6.48. The lowest BCUT2D eigenvalue weighted by Crippen LogP contribution is -2.43. The van der Waals surface area contributed by atoms with Gasteiger partial charge in [0.1, 0.15) is 5.75 Å². The van der Waals surface area contributed by atoms with Crippen molar-refractivity contribution in [2.45, 2.75) is 18.9 Å². The summed E-state index contributed by atoms with van der Waals surface area (Å²) < 4.78 is 5.21. The molecule has 0 saturated heterocycles. The number of rotatable bonds is 6. The van der Waals surface area contributed by atoms with Gasteiger partial charge in [-0.25, -0.2) is 0 Å². The molecule has 0 atom stereocenters. The third-order valence-electron chi connectivity index (χ3n) is 3.64. The maximum atomic E-state index is 12.0. The topological polar surface area (TPSA) is 67.6 Å². The van der Waals surface area contributed by atoms with Crippen molar-refractivity contribution in [3.63, 3.8) is 0 Å². The van der Waals surface area contributed by atoms with Crippen LogP contribution in [0, 0.1) is 5.92 Å². The monoisotopic (exact) mass is 277 g/mol. The average molecular weight is 277 g/mol. The van der Waals surface area contributed by atoms with Crippen LogP contribution in [0.2, 0.25) is 0 Å². The molecule has 1 amide bonds. The van der Waals surface area contributed by atoms with Crippen molar-refractivity contribution >= 4 is 11.6 Å². The maximum absolute atomic E-state index is 12.0. The summed E-state index contributed by atoms with van der Waals surface area (Å²) in [6.07, 6.45) is 2.14. The first-order valence-electron chi connectivity index (χ1n) is 6.95. The van der Waals surface area contributed by atoms with Crippen LogP contribution in [-0.2, 0) is 4.79 Å². The van der Waals surface area contributed by atoms with Crippen LogP contribution in [0.3, 0.4) is 0 Å². The second kappa shape index (κ2) is 6.72. The average Bonchev–Trinajstić information content (AvgIpc) is 2.37. The third-order valence-corrected chi connectivity index (χ3v) is 3.64. The molecule has 5 heteroatoms. The fraction of sp³-hybridized carbons (Fsp3) is 0.533. The van der Waals surface area contributed by atoms with Gasteiger partial charge in [0.25, 0.3) is 0 Å². The number of hydrogen-bond acceptors (Lipinski definition) is 4. The summed E-state index contributed by atoms with van der Waals surface area (Å²) in [6, 6.07) is 7.77. The smallest absolute Gasteiger partial charge is 0.238 e. The van der Waals surface area contributed by atoms with Crippen LogP contribution in [-0.4, -0.2) is 44.1 Å². The summed E-state index contributed by atoms with van der Waals surface area (Å²) in [4.78, 5) is 14.1. The molecule has 3 N–H and O–H groups in total. The van der Waals surface area contributed by atoms with E-state index < -0.39 is 0 Å². The number of nitrogens with one attached hydrogen (secondary N) is 1. The molecule has 0 spiro atoms. The van der Waals surface area contributed by atoms with Gasteiger partial charge in [-0.3, -0.25) is 9.69 Å². The second-order valence-electron chi connectivity index (χ2n) is 5.54. The molecule has 0 aromatic heterocycles.